The summed E-state index contributed by atoms with van der Waals surface area (Å²) < 4.78 is 0. The Balaban J connectivity index is 2.32. The molecule has 0 saturated carbocycles. The van der Waals surface area contributed by atoms with Crippen LogP contribution in [-0.4, -0.2) is 86.8 Å². The van der Waals surface area contributed by atoms with Gasteiger partial charge >= 0.3 is 11.9 Å². The number of carbonyl (C=O) groups is 5. The minimum Gasteiger partial charge on any atom is -0.481 e. The predicted octanol–water partition coefficient (Wildman–Crippen LogP) is -1.44. The number of rotatable bonds is 16. The molecule has 5 unspecified atom stereocenters. The average Bonchev–Trinajstić information content (AvgIpc) is 3.29. The molecule has 1 heterocycles. The van der Waals surface area contributed by atoms with Gasteiger partial charge in [-0.3, -0.25) is 19.2 Å². The van der Waals surface area contributed by atoms with Crippen LogP contribution < -0.4 is 27.4 Å². The fourth-order valence-electron chi connectivity index (χ4n) is 3.90. The maximum absolute atomic E-state index is 13.3. The fourth-order valence-corrected chi connectivity index (χ4v) is 3.90. The molecule has 2 rings (SSSR count). The fraction of sp³-hybridized carbons (Fsp3) is 0.480. The zero-order valence-corrected chi connectivity index (χ0v) is 21.6. The van der Waals surface area contributed by atoms with Gasteiger partial charge in [-0.25, -0.2) is 4.79 Å². The molecule has 0 aliphatic carbocycles. The number of nitrogens with two attached hydrogens (primary N) is 2. The number of para-hydroxylation sites is 1. The Bertz CT molecular complexity index is 1170. The van der Waals surface area contributed by atoms with Crippen LogP contribution in [0.25, 0.3) is 10.9 Å². The number of aliphatic hydroxyl groups is 1. The van der Waals surface area contributed by atoms with Crippen molar-refractivity contribution in [2.24, 2.45) is 11.5 Å². The molecular formula is C25H36N6O8. The van der Waals surface area contributed by atoms with Crippen LogP contribution in [0.15, 0.2) is 30.5 Å². The summed E-state index contributed by atoms with van der Waals surface area (Å²) in [4.78, 5) is 64.9. The molecule has 39 heavy (non-hydrogen) atoms. The van der Waals surface area contributed by atoms with Gasteiger partial charge < -0.3 is 47.7 Å². The second-order valence-electron chi connectivity index (χ2n) is 9.23. The number of aliphatic hydroxyl groups excluding tert-OH is 1. The van der Waals surface area contributed by atoms with E-state index in [1.807, 2.05) is 12.1 Å². The van der Waals surface area contributed by atoms with Crippen molar-refractivity contribution in [2.75, 3.05) is 6.54 Å². The summed E-state index contributed by atoms with van der Waals surface area (Å²) in [5.41, 5.74) is 12.5. The van der Waals surface area contributed by atoms with E-state index in [0.29, 0.717) is 24.9 Å². The molecule has 14 nitrogen and oxygen atoms in total. The molecule has 5 atom stereocenters. The van der Waals surface area contributed by atoms with E-state index >= 15 is 0 Å². The summed E-state index contributed by atoms with van der Waals surface area (Å²) in [6, 6.07) is 1.59. The van der Waals surface area contributed by atoms with Crippen LogP contribution in [-0.2, 0) is 30.4 Å². The van der Waals surface area contributed by atoms with Crippen molar-refractivity contribution < 1.29 is 39.3 Å². The van der Waals surface area contributed by atoms with E-state index in [0.717, 1.165) is 10.9 Å². The molecule has 0 radical (unpaired) electrons. The van der Waals surface area contributed by atoms with E-state index in [1.165, 1.54) is 6.92 Å². The summed E-state index contributed by atoms with van der Waals surface area (Å²) in [5.74, 6) is -5.45. The molecule has 0 aliphatic rings. The molecule has 0 saturated heterocycles. The summed E-state index contributed by atoms with van der Waals surface area (Å²) >= 11 is 0. The molecule has 0 aliphatic heterocycles. The number of unbranched alkanes of at least 4 members (excludes halogenated alkanes) is 1. The number of aliphatic carboxylic acids is 2. The van der Waals surface area contributed by atoms with Crippen LogP contribution in [0.4, 0.5) is 0 Å². The zero-order chi connectivity index (χ0) is 29.1. The van der Waals surface area contributed by atoms with Crippen LogP contribution in [0.1, 0.15) is 38.2 Å². The lowest BCUT2D eigenvalue weighted by Crippen LogP contribution is -2.58. The van der Waals surface area contributed by atoms with Gasteiger partial charge in [0.15, 0.2) is 0 Å². The highest BCUT2D eigenvalue weighted by Crippen LogP contribution is 2.19. The third kappa shape index (κ3) is 9.35. The van der Waals surface area contributed by atoms with Gasteiger partial charge in [-0.15, -0.1) is 0 Å². The maximum Gasteiger partial charge on any atom is 0.326 e. The van der Waals surface area contributed by atoms with Gasteiger partial charge in [-0.1, -0.05) is 18.2 Å². The molecule has 1 aromatic carbocycles. The second kappa shape index (κ2) is 14.8. The highest BCUT2D eigenvalue weighted by atomic mass is 16.4. The molecule has 0 bridgehead atoms. The first-order valence-corrected chi connectivity index (χ1v) is 12.5. The lowest BCUT2D eigenvalue weighted by Gasteiger charge is -2.25. The van der Waals surface area contributed by atoms with Crippen LogP contribution >= 0.6 is 0 Å². The van der Waals surface area contributed by atoms with Crippen LogP contribution in [0.2, 0.25) is 0 Å². The van der Waals surface area contributed by atoms with Crippen molar-refractivity contribution in [3.8, 4) is 0 Å². The molecular weight excluding hydrogens is 512 g/mol. The molecule has 1 aromatic heterocycles. The first-order valence-electron chi connectivity index (χ1n) is 12.5. The number of fused-ring (bicyclic) bond motifs is 1. The van der Waals surface area contributed by atoms with Gasteiger partial charge in [0, 0.05) is 23.5 Å². The Morgan fingerprint density at radius 2 is 1.54 bits per heavy atom. The first-order chi connectivity index (χ1) is 18.4. The number of carboxylic acids is 2. The number of aromatic amines is 1. The van der Waals surface area contributed by atoms with E-state index in [4.69, 9.17) is 11.5 Å². The number of carboxylic acid groups (broad SMARTS) is 2. The van der Waals surface area contributed by atoms with Gasteiger partial charge in [0.05, 0.1) is 12.5 Å². The van der Waals surface area contributed by atoms with Gasteiger partial charge in [0.25, 0.3) is 0 Å². The van der Waals surface area contributed by atoms with Crippen molar-refractivity contribution in [3.05, 3.63) is 36.0 Å². The Morgan fingerprint density at radius 3 is 2.15 bits per heavy atom. The van der Waals surface area contributed by atoms with Gasteiger partial charge in [-0.2, -0.15) is 0 Å². The van der Waals surface area contributed by atoms with Crippen molar-refractivity contribution in [1.29, 1.82) is 0 Å². The summed E-state index contributed by atoms with van der Waals surface area (Å²) in [6.07, 6.45) is 0.585. The minimum atomic E-state index is -1.63. The van der Waals surface area contributed by atoms with Gasteiger partial charge in [-0.05, 0) is 44.4 Å². The number of aromatic nitrogens is 1. The molecule has 14 heteroatoms. The van der Waals surface area contributed by atoms with E-state index in [9.17, 15) is 39.3 Å². The SMILES string of the molecule is CC(O)C(N)C(=O)NC(CC(=O)O)C(=O)NC(Cc1c[nH]c2ccccc12)C(=O)NC(CCCCN)C(=O)O. The second-order valence-corrected chi connectivity index (χ2v) is 9.23. The Kier molecular flexibility index (Phi) is 11.8. The van der Waals surface area contributed by atoms with Crippen LogP contribution in [0.5, 0.6) is 0 Å². The Labute approximate surface area is 224 Å². The van der Waals surface area contributed by atoms with Crippen LogP contribution in [0.3, 0.4) is 0 Å². The highest BCUT2D eigenvalue weighted by Gasteiger charge is 2.32. The van der Waals surface area contributed by atoms with Gasteiger partial charge in [0.1, 0.15) is 24.2 Å². The monoisotopic (exact) mass is 548 g/mol. The summed E-state index contributed by atoms with van der Waals surface area (Å²) in [6.45, 7) is 1.61. The quantitative estimate of drug-likeness (QED) is 0.110. The van der Waals surface area contributed by atoms with Crippen molar-refractivity contribution >= 4 is 40.6 Å². The Hall–Kier alpha value is -4.01. The third-order valence-electron chi connectivity index (χ3n) is 6.13. The maximum atomic E-state index is 13.3. The highest BCUT2D eigenvalue weighted by molar-refractivity contribution is 5.96. The number of benzene rings is 1. The van der Waals surface area contributed by atoms with Crippen molar-refractivity contribution in [1.82, 2.24) is 20.9 Å². The minimum absolute atomic E-state index is 0.0718. The number of hydrogen-bond donors (Lipinski definition) is 9. The van der Waals surface area contributed by atoms with E-state index in [1.54, 1.807) is 18.3 Å². The molecule has 11 N–H and O–H groups in total. The standard InChI is InChI=1S/C25H36N6O8/c1-13(32)21(27)24(37)31-19(11-20(33)34)23(36)30-18(10-14-12-28-16-7-3-2-6-15(14)16)22(35)29-17(25(38)39)8-4-5-9-26/h2-3,6-7,12-13,17-19,21,28,32H,4-5,8-11,26-27H2,1H3,(H,29,35)(H,30,36)(H,31,37)(H,33,34)(H,38,39). The van der Waals surface area contributed by atoms with Crippen LogP contribution in [0, 0.1) is 0 Å². The largest absolute Gasteiger partial charge is 0.481 e. The number of carbonyl (C=O) groups excluding carboxylic acids is 3. The van der Waals surface area contributed by atoms with Crippen molar-refractivity contribution in [2.45, 2.75) is 69.3 Å². The van der Waals surface area contributed by atoms with E-state index in [-0.39, 0.29) is 12.8 Å². The molecule has 2 aromatic rings. The molecule has 214 valence electrons. The number of hydrogen-bond acceptors (Lipinski definition) is 8. The number of nitrogens with one attached hydrogen (secondary N) is 4. The average molecular weight is 549 g/mol. The van der Waals surface area contributed by atoms with Crippen molar-refractivity contribution in [3.63, 3.8) is 0 Å². The molecule has 3 amide bonds. The predicted molar refractivity (Wildman–Crippen MR) is 140 cm³/mol. The normalized spacial score (nSPS) is 15.0. The Morgan fingerprint density at radius 1 is 0.923 bits per heavy atom. The summed E-state index contributed by atoms with van der Waals surface area (Å²) in [7, 11) is 0. The smallest absolute Gasteiger partial charge is 0.326 e. The van der Waals surface area contributed by atoms with E-state index < -0.39 is 66.4 Å². The molecule has 0 spiro atoms. The first kappa shape index (κ1) is 31.2. The number of amides is 3. The number of H-pyrrole nitrogens is 1. The lowest BCUT2D eigenvalue weighted by molar-refractivity contribution is -0.143. The molecule has 0 fully saturated rings. The van der Waals surface area contributed by atoms with Gasteiger partial charge in [0.2, 0.25) is 17.7 Å². The van der Waals surface area contributed by atoms with E-state index in [2.05, 4.69) is 20.9 Å². The third-order valence-corrected chi connectivity index (χ3v) is 6.13. The summed E-state index contributed by atoms with van der Waals surface area (Å²) in [5, 5.41) is 36.3. The zero-order valence-electron chi connectivity index (χ0n) is 21.6. The lowest BCUT2D eigenvalue weighted by atomic mass is 10.0. The topological polar surface area (TPSA) is 250 Å².